The molecule has 0 radical (unpaired) electrons. The van der Waals surface area contributed by atoms with Crippen LogP contribution in [0.2, 0.25) is 5.02 Å². The number of hydrogen-bond acceptors (Lipinski definition) is 4. The highest BCUT2D eigenvalue weighted by molar-refractivity contribution is 6.31. The van der Waals surface area contributed by atoms with Gasteiger partial charge in [-0.1, -0.05) is 11.6 Å². The van der Waals surface area contributed by atoms with Crippen LogP contribution >= 0.6 is 11.6 Å². The van der Waals surface area contributed by atoms with Crippen molar-refractivity contribution in [3.8, 4) is 0 Å². The van der Waals surface area contributed by atoms with Gasteiger partial charge in [-0.05, 0) is 19.1 Å². The van der Waals surface area contributed by atoms with Gasteiger partial charge in [0.2, 0.25) is 0 Å². The smallest absolute Gasteiger partial charge is 0.269 e. The SMILES string of the molecule is CCn1ncc(Cl)c1CN(C)C(=O)c1ccc([N+](=O)[O-])cc1. The Hall–Kier alpha value is -2.41. The van der Waals surface area contributed by atoms with E-state index in [1.54, 1.807) is 17.9 Å². The Kier molecular flexibility index (Phi) is 4.77. The number of halogens is 1. The first-order valence-electron chi connectivity index (χ1n) is 6.64. The molecule has 22 heavy (non-hydrogen) atoms. The number of nitro groups is 1. The number of rotatable bonds is 5. The first-order valence-corrected chi connectivity index (χ1v) is 7.02. The second-order valence-electron chi connectivity index (χ2n) is 4.72. The maximum Gasteiger partial charge on any atom is 0.269 e. The Morgan fingerprint density at radius 3 is 2.59 bits per heavy atom. The molecule has 2 aromatic rings. The van der Waals surface area contributed by atoms with Crippen molar-refractivity contribution in [2.75, 3.05) is 7.05 Å². The van der Waals surface area contributed by atoms with E-state index in [9.17, 15) is 14.9 Å². The van der Waals surface area contributed by atoms with Crippen LogP contribution in [-0.4, -0.2) is 32.6 Å². The topological polar surface area (TPSA) is 81.3 Å². The quantitative estimate of drug-likeness (QED) is 0.626. The molecule has 0 atom stereocenters. The van der Waals surface area contributed by atoms with Gasteiger partial charge >= 0.3 is 0 Å². The lowest BCUT2D eigenvalue weighted by molar-refractivity contribution is -0.384. The predicted octanol–water partition coefficient (Wildman–Crippen LogP) is 2.74. The van der Waals surface area contributed by atoms with Gasteiger partial charge in [0.05, 0.1) is 28.4 Å². The normalized spacial score (nSPS) is 10.5. The van der Waals surface area contributed by atoms with E-state index in [4.69, 9.17) is 11.6 Å². The molecule has 1 heterocycles. The van der Waals surface area contributed by atoms with Crippen molar-refractivity contribution in [1.29, 1.82) is 0 Å². The fraction of sp³-hybridized carbons (Fsp3) is 0.286. The minimum absolute atomic E-state index is 0.0497. The Morgan fingerprint density at radius 2 is 2.05 bits per heavy atom. The molecule has 0 aliphatic rings. The Bertz CT molecular complexity index is 697. The fourth-order valence-electron chi connectivity index (χ4n) is 2.06. The lowest BCUT2D eigenvalue weighted by Gasteiger charge is -2.18. The molecule has 0 saturated heterocycles. The summed E-state index contributed by atoms with van der Waals surface area (Å²) in [6.45, 7) is 2.90. The first kappa shape index (κ1) is 16.0. The third kappa shape index (κ3) is 3.25. The maximum absolute atomic E-state index is 12.3. The van der Waals surface area contributed by atoms with Crippen LogP contribution in [0.5, 0.6) is 0 Å². The van der Waals surface area contributed by atoms with Crippen molar-refractivity contribution in [2.24, 2.45) is 0 Å². The van der Waals surface area contributed by atoms with Crippen molar-refractivity contribution >= 4 is 23.2 Å². The third-order valence-electron chi connectivity index (χ3n) is 3.26. The summed E-state index contributed by atoms with van der Waals surface area (Å²) >= 11 is 6.08. The molecule has 0 aliphatic heterocycles. The molecule has 0 saturated carbocycles. The fourth-order valence-corrected chi connectivity index (χ4v) is 2.26. The van der Waals surface area contributed by atoms with Crippen LogP contribution in [0.15, 0.2) is 30.5 Å². The summed E-state index contributed by atoms with van der Waals surface area (Å²) in [5.41, 5.74) is 1.08. The van der Waals surface area contributed by atoms with Crippen LogP contribution in [-0.2, 0) is 13.1 Å². The van der Waals surface area contributed by atoms with Gasteiger partial charge in [-0.15, -0.1) is 0 Å². The number of nitro benzene ring substituents is 1. The number of benzene rings is 1. The van der Waals surface area contributed by atoms with E-state index >= 15 is 0 Å². The molecule has 0 spiro atoms. The number of hydrogen-bond donors (Lipinski definition) is 0. The van der Waals surface area contributed by atoms with Gasteiger partial charge < -0.3 is 4.90 Å². The molecule has 0 aliphatic carbocycles. The largest absolute Gasteiger partial charge is 0.336 e. The summed E-state index contributed by atoms with van der Waals surface area (Å²) in [5, 5.41) is 15.2. The Labute approximate surface area is 132 Å². The average molecular weight is 323 g/mol. The van der Waals surface area contributed by atoms with E-state index in [2.05, 4.69) is 5.10 Å². The number of nitrogens with zero attached hydrogens (tertiary/aromatic N) is 4. The second kappa shape index (κ2) is 6.57. The molecule has 0 bridgehead atoms. The van der Waals surface area contributed by atoms with Gasteiger partial charge in [-0.25, -0.2) is 0 Å². The maximum atomic E-state index is 12.3. The summed E-state index contributed by atoms with van der Waals surface area (Å²) in [6.07, 6.45) is 1.55. The average Bonchev–Trinajstić information content (AvgIpc) is 2.87. The van der Waals surface area contributed by atoms with Gasteiger partial charge in [0.25, 0.3) is 11.6 Å². The van der Waals surface area contributed by atoms with Gasteiger partial charge in [-0.3, -0.25) is 19.6 Å². The highest BCUT2D eigenvalue weighted by Crippen LogP contribution is 2.18. The van der Waals surface area contributed by atoms with Crippen molar-refractivity contribution in [3.05, 3.63) is 56.9 Å². The van der Waals surface area contributed by atoms with Gasteiger partial charge in [0, 0.05) is 31.3 Å². The number of aryl methyl sites for hydroxylation is 1. The first-order chi connectivity index (χ1) is 10.4. The van der Waals surface area contributed by atoms with E-state index in [1.165, 1.54) is 29.2 Å². The molecule has 0 N–H and O–H groups in total. The minimum atomic E-state index is -0.502. The molecule has 1 aromatic heterocycles. The van der Waals surface area contributed by atoms with Crippen LogP contribution in [0.4, 0.5) is 5.69 Å². The summed E-state index contributed by atoms with van der Waals surface area (Å²) in [7, 11) is 1.65. The standard InChI is InChI=1S/C14H15ClN4O3/c1-3-18-13(12(15)8-16-18)9-17(2)14(20)10-4-6-11(7-5-10)19(21)22/h4-8H,3,9H2,1-2H3. The lowest BCUT2D eigenvalue weighted by atomic mass is 10.2. The Balaban J connectivity index is 2.15. The number of amides is 1. The summed E-state index contributed by atoms with van der Waals surface area (Å²) < 4.78 is 1.72. The number of carbonyl (C=O) groups is 1. The molecule has 8 heteroatoms. The van der Waals surface area contributed by atoms with E-state index in [-0.39, 0.29) is 11.6 Å². The molecule has 7 nitrogen and oxygen atoms in total. The molecule has 116 valence electrons. The zero-order valence-electron chi connectivity index (χ0n) is 12.2. The summed E-state index contributed by atoms with van der Waals surface area (Å²) in [6, 6.07) is 5.50. The molecular weight excluding hydrogens is 308 g/mol. The number of aromatic nitrogens is 2. The third-order valence-corrected chi connectivity index (χ3v) is 3.57. The molecule has 1 amide bonds. The van der Waals surface area contributed by atoms with Crippen LogP contribution in [0.3, 0.4) is 0 Å². The summed E-state index contributed by atoms with van der Waals surface area (Å²) in [5.74, 6) is -0.241. The van der Waals surface area contributed by atoms with Crippen LogP contribution in [0.1, 0.15) is 23.0 Å². The highest BCUT2D eigenvalue weighted by atomic mass is 35.5. The van der Waals surface area contributed by atoms with Gasteiger partial charge in [-0.2, -0.15) is 5.10 Å². The highest BCUT2D eigenvalue weighted by Gasteiger charge is 2.17. The van der Waals surface area contributed by atoms with Crippen molar-refractivity contribution in [3.63, 3.8) is 0 Å². The Morgan fingerprint density at radius 1 is 1.41 bits per heavy atom. The van der Waals surface area contributed by atoms with Crippen LogP contribution in [0.25, 0.3) is 0 Å². The van der Waals surface area contributed by atoms with Crippen LogP contribution < -0.4 is 0 Å². The predicted molar refractivity (Wildman–Crippen MR) is 81.8 cm³/mol. The summed E-state index contributed by atoms with van der Waals surface area (Å²) in [4.78, 5) is 24.0. The monoisotopic (exact) mass is 322 g/mol. The van der Waals surface area contributed by atoms with E-state index in [0.29, 0.717) is 23.7 Å². The lowest BCUT2D eigenvalue weighted by Crippen LogP contribution is -2.27. The van der Waals surface area contributed by atoms with Gasteiger partial charge in [0.1, 0.15) is 0 Å². The molecule has 0 fully saturated rings. The zero-order valence-corrected chi connectivity index (χ0v) is 12.9. The van der Waals surface area contributed by atoms with Crippen LogP contribution in [0, 0.1) is 10.1 Å². The van der Waals surface area contributed by atoms with E-state index < -0.39 is 4.92 Å². The van der Waals surface area contributed by atoms with E-state index in [0.717, 1.165) is 5.69 Å². The van der Waals surface area contributed by atoms with Gasteiger partial charge in [0.15, 0.2) is 0 Å². The van der Waals surface area contributed by atoms with Crippen molar-refractivity contribution in [1.82, 2.24) is 14.7 Å². The van der Waals surface area contributed by atoms with Crippen molar-refractivity contribution < 1.29 is 9.72 Å². The molecule has 0 unspecified atom stereocenters. The zero-order chi connectivity index (χ0) is 16.3. The van der Waals surface area contributed by atoms with E-state index in [1.807, 2.05) is 6.92 Å². The second-order valence-corrected chi connectivity index (χ2v) is 5.13. The minimum Gasteiger partial charge on any atom is -0.336 e. The number of non-ortho nitro benzene ring substituents is 1. The molecule has 1 aromatic carbocycles. The molecular formula is C14H15ClN4O3. The molecule has 2 rings (SSSR count). The van der Waals surface area contributed by atoms with Crippen molar-refractivity contribution in [2.45, 2.75) is 20.0 Å². The number of carbonyl (C=O) groups excluding carboxylic acids is 1.